The summed E-state index contributed by atoms with van der Waals surface area (Å²) in [6.07, 6.45) is 1.50. The molecule has 0 heterocycles. The van der Waals surface area contributed by atoms with E-state index in [0.717, 1.165) is 18.4 Å². The first-order valence-electron chi connectivity index (χ1n) is 6.38. The number of thiocarbonyl (C=S) groups is 1. The van der Waals surface area contributed by atoms with Crippen molar-refractivity contribution in [2.24, 2.45) is 5.73 Å². The van der Waals surface area contributed by atoms with Crippen LogP contribution in [0, 0.1) is 0 Å². The van der Waals surface area contributed by atoms with Gasteiger partial charge in [-0.25, -0.2) is 0 Å². The molecular formula is C14H20N2O2S. The van der Waals surface area contributed by atoms with Crippen molar-refractivity contribution in [1.82, 2.24) is 5.32 Å². The average molecular weight is 280 g/mol. The molecule has 0 aliphatic rings. The van der Waals surface area contributed by atoms with E-state index in [0.29, 0.717) is 17.3 Å². The second-order valence-electron chi connectivity index (χ2n) is 4.29. The summed E-state index contributed by atoms with van der Waals surface area (Å²) in [5.41, 5.74) is 6.29. The summed E-state index contributed by atoms with van der Waals surface area (Å²) in [5.74, 6) is 0.519. The smallest absolute Gasteiger partial charge is 0.260 e. The van der Waals surface area contributed by atoms with Gasteiger partial charge in [-0.05, 0) is 37.6 Å². The highest BCUT2D eigenvalue weighted by atomic mass is 32.1. The summed E-state index contributed by atoms with van der Waals surface area (Å²) in [6.45, 7) is 4.49. The van der Waals surface area contributed by atoms with E-state index in [9.17, 15) is 4.79 Å². The zero-order chi connectivity index (χ0) is 14.3. The molecule has 19 heavy (non-hydrogen) atoms. The first-order valence-corrected chi connectivity index (χ1v) is 6.79. The molecule has 5 heteroatoms. The lowest BCUT2D eigenvalue weighted by molar-refractivity contribution is -0.127. The lowest BCUT2D eigenvalue weighted by Gasteiger charge is -2.14. The Bertz CT molecular complexity index is 432. The monoisotopic (exact) mass is 280 g/mol. The van der Waals surface area contributed by atoms with Gasteiger partial charge in [0.2, 0.25) is 0 Å². The van der Waals surface area contributed by atoms with Crippen LogP contribution in [-0.4, -0.2) is 23.5 Å². The van der Waals surface area contributed by atoms with Crippen molar-refractivity contribution >= 4 is 23.1 Å². The van der Waals surface area contributed by atoms with Gasteiger partial charge in [0, 0.05) is 12.1 Å². The summed E-state index contributed by atoms with van der Waals surface area (Å²) in [4.78, 5) is 12.1. The topological polar surface area (TPSA) is 64.3 Å². The van der Waals surface area contributed by atoms with Crippen LogP contribution in [0.25, 0.3) is 0 Å². The van der Waals surface area contributed by atoms with Crippen molar-refractivity contribution in [2.45, 2.75) is 32.8 Å². The summed E-state index contributed by atoms with van der Waals surface area (Å²) in [5, 5.41) is 2.83. The molecule has 0 radical (unpaired) electrons. The van der Waals surface area contributed by atoms with Gasteiger partial charge < -0.3 is 15.8 Å². The van der Waals surface area contributed by atoms with Crippen molar-refractivity contribution in [1.29, 1.82) is 0 Å². The number of rotatable bonds is 7. The zero-order valence-electron chi connectivity index (χ0n) is 11.3. The quantitative estimate of drug-likeness (QED) is 0.592. The van der Waals surface area contributed by atoms with Crippen LogP contribution in [0.15, 0.2) is 24.3 Å². The van der Waals surface area contributed by atoms with Gasteiger partial charge in [-0.15, -0.1) is 0 Å². The summed E-state index contributed by atoms with van der Waals surface area (Å²) in [6, 6.07) is 7.06. The Morgan fingerprint density at radius 1 is 1.42 bits per heavy atom. The molecule has 0 aliphatic carbocycles. The van der Waals surface area contributed by atoms with Gasteiger partial charge in [-0.3, -0.25) is 4.79 Å². The standard InChI is InChI=1S/C14H20N2O2S/c1-3-4-9-16-14(17)10(2)18-12-7-5-11(6-8-12)13(15)19/h5-8,10H,3-4,9H2,1-2H3,(H2,15,19)(H,16,17). The van der Waals surface area contributed by atoms with E-state index >= 15 is 0 Å². The van der Waals surface area contributed by atoms with Gasteiger partial charge >= 0.3 is 0 Å². The highest BCUT2D eigenvalue weighted by Gasteiger charge is 2.13. The highest BCUT2D eigenvalue weighted by Crippen LogP contribution is 2.14. The fourth-order valence-corrected chi connectivity index (χ4v) is 1.62. The number of hydrogen-bond acceptors (Lipinski definition) is 3. The van der Waals surface area contributed by atoms with E-state index in [2.05, 4.69) is 12.2 Å². The third-order valence-corrected chi connectivity index (χ3v) is 2.89. The van der Waals surface area contributed by atoms with Crippen LogP contribution in [0.5, 0.6) is 5.75 Å². The second kappa shape index (κ2) is 7.74. The fourth-order valence-electron chi connectivity index (χ4n) is 1.49. The van der Waals surface area contributed by atoms with Crippen LogP contribution in [0.1, 0.15) is 32.3 Å². The molecule has 1 aromatic rings. The first-order chi connectivity index (χ1) is 9.04. The molecule has 1 atom stereocenters. The van der Waals surface area contributed by atoms with Gasteiger partial charge in [0.25, 0.3) is 5.91 Å². The van der Waals surface area contributed by atoms with Crippen LogP contribution < -0.4 is 15.8 Å². The number of unbranched alkanes of at least 4 members (excludes halogenated alkanes) is 1. The minimum Gasteiger partial charge on any atom is -0.481 e. The minimum atomic E-state index is -0.521. The highest BCUT2D eigenvalue weighted by molar-refractivity contribution is 7.80. The molecule has 1 aromatic carbocycles. The van der Waals surface area contributed by atoms with Gasteiger partial charge in [-0.1, -0.05) is 25.6 Å². The summed E-state index contributed by atoms with van der Waals surface area (Å²) in [7, 11) is 0. The second-order valence-corrected chi connectivity index (χ2v) is 4.73. The van der Waals surface area contributed by atoms with Gasteiger partial charge in [0.15, 0.2) is 6.10 Å². The molecule has 0 saturated heterocycles. The number of hydrogen-bond donors (Lipinski definition) is 2. The van der Waals surface area contributed by atoms with Crippen molar-refractivity contribution in [2.75, 3.05) is 6.54 Å². The molecular weight excluding hydrogens is 260 g/mol. The molecule has 1 rings (SSSR count). The maximum Gasteiger partial charge on any atom is 0.260 e. The van der Waals surface area contributed by atoms with Crippen LogP contribution in [0.3, 0.4) is 0 Å². The number of carbonyl (C=O) groups excluding carboxylic acids is 1. The van der Waals surface area contributed by atoms with Crippen molar-refractivity contribution in [3.8, 4) is 5.75 Å². The summed E-state index contributed by atoms with van der Waals surface area (Å²) >= 11 is 4.87. The van der Waals surface area contributed by atoms with Gasteiger partial charge in [0.05, 0.1) is 0 Å². The minimum absolute atomic E-state index is 0.105. The Hall–Kier alpha value is -1.62. The maximum absolute atomic E-state index is 11.7. The van der Waals surface area contributed by atoms with E-state index in [1.807, 2.05) is 0 Å². The maximum atomic E-state index is 11.7. The lowest BCUT2D eigenvalue weighted by Crippen LogP contribution is -2.36. The first kappa shape index (κ1) is 15.4. The SMILES string of the molecule is CCCCNC(=O)C(C)Oc1ccc(C(N)=S)cc1. The predicted molar refractivity (Wildman–Crippen MR) is 80.3 cm³/mol. The van der Waals surface area contributed by atoms with E-state index in [4.69, 9.17) is 22.7 Å². The molecule has 0 aromatic heterocycles. The molecule has 0 saturated carbocycles. The van der Waals surface area contributed by atoms with Crippen LogP contribution >= 0.6 is 12.2 Å². The Morgan fingerprint density at radius 2 is 2.05 bits per heavy atom. The van der Waals surface area contributed by atoms with Crippen molar-refractivity contribution in [3.63, 3.8) is 0 Å². The number of benzene rings is 1. The normalized spacial score (nSPS) is 11.7. The molecule has 104 valence electrons. The number of carbonyl (C=O) groups is 1. The third-order valence-electron chi connectivity index (χ3n) is 2.65. The molecule has 0 bridgehead atoms. The van der Waals surface area contributed by atoms with Crippen molar-refractivity contribution < 1.29 is 9.53 Å². The van der Waals surface area contributed by atoms with Gasteiger partial charge in [0.1, 0.15) is 10.7 Å². The number of nitrogens with one attached hydrogen (secondary N) is 1. The molecule has 0 aliphatic heterocycles. The zero-order valence-corrected chi connectivity index (χ0v) is 12.1. The van der Waals surface area contributed by atoms with E-state index in [1.165, 1.54) is 0 Å². The Balaban J connectivity index is 2.49. The van der Waals surface area contributed by atoms with E-state index in [1.54, 1.807) is 31.2 Å². The number of ether oxygens (including phenoxy) is 1. The van der Waals surface area contributed by atoms with Crippen LogP contribution in [0.2, 0.25) is 0 Å². The van der Waals surface area contributed by atoms with Crippen molar-refractivity contribution in [3.05, 3.63) is 29.8 Å². The van der Waals surface area contributed by atoms with E-state index < -0.39 is 6.10 Å². The molecule has 4 nitrogen and oxygen atoms in total. The number of nitrogens with two attached hydrogens (primary N) is 1. The Kier molecular flexibility index (Phi) is 6.29. The average Bonchev–Trinajstić information content (AvgIpc) is 2.39. The Morgan fingerprint density at radius 3 is 2.58 bits per heavy atom. The van der Waals surface area contributed by atoms with Crippen LogP contribution in [0.4, 0.5) is 0 Å². The lowest BCUT2D eigenvalue weighted by atomic mass is 10.2. The molecule has 3 N–H and O–H groups in total. The van der Waals surface area contributed by atoms with Gasteiger partial charge in [-0.2, -0.15) is 0 Å². The molecule has 0 fully saturated rings. The third kappa shape index (κ3) is 5.26. The fraction of sp³-hybridized carbons (Fsp3) is 0.429. The number of amides is 1. The largest absolute Gasteiger partial charge is 0.481 e. The van der Waals surface area contributed by atoms with Crippen LogP contribution in [-0.2, 0) is 4.79 Å². The Labute approximate surface area is 119 Å². The molecule has 1 unspecified atom stereocenters. The predicted octanol–water partition coefficient (Wildman–Crippen LogP) is 2.00. The molecule has 1 amide bonds. The van der Waals surface area contributed by atoms with E-state index in [-0.39, 0.29) is 5.91 Å². The summed E-state index contributed by atoms with van der Waals surface area (Å²) < 4.78 is 5.55. The molecule has 0 spiro atoms.